The van der Waals surface area contributed by atoms with Gasteiger partial charge in [0.2, 0.25) is 0 Å². The molecule has 104 valence electrons. The molecule has 0 radical (unpaired) electrons. The standard InChI is InChI=1S/C13H13N3O2S2/c1-9-4-2-6-11(12(9)13(14)19)16-20(17,18)10-5-3-7-15-8-10/h2-8,16H,1H3,(H2,14,19). The zero-order valence-corrected chi connectivity index (χ0v) is 12.3. The highest BCUT2D eigenvalue weighted by atomic mass is 32.2. The summed E-state index contributed by atoms with van der Waals surface area (Å²) >= 11 is 4.97. The molecule has 0 amide bonds. The summed E-state index contributed by atoms with van der Waals surface area (Å²) in [5, 5.41) is 0. The minimum Gasteiger partial charge on any atom is -0.389 e. The van der Waals surface area contributed by atoms with Crippen molar-refractivity contribution in [3.8, 4) is 0 Å². The number of nitrogens with one attached hydrogen (secondary N) is 1. The Morgan fingerprint density at radius 1 is 1.30 bits per heavy atom. The third kappa shape index (κ3) is 2.94. The first kappa shape index (κ1) is 14.4. The number of anilines is 1. The van der Waals surface area contributed by atoms with Crippen molar-refractivity contribution in [1.29, 1.82) is 0 Å². The molecule has 2 rings (SSSR count). The van der Waals surface area contributed by atoms with Gasteiger partial charge in [0, 0.05) is 18.0 Å². The maximum atomic E-state index is 12.3. The number of thiocarbonyl (C=S) groups is 1. The molecule has 2 aromatic rings. The SMILES string of the molecule is Cc1cccc(NS(=O)(=O)c2cccnc2)c1C(N)=S. The Labute approximate surface area is 122 Å². The predicted octanol–water partition coefficient (Wildman–Crippen LogP) is 1.83. The summed E-state index contributed by atoms with van der Waals surface area (Å²) in [6, 6.07) is 8.19. The molecule has 0 saturated carbocycles. The van der Waals surface area contributed by atoms with Crippen molar-refractivity contribution >= 4 is 32.9 Å². The first-order valence-electron chi connectivity index (χ1n) is 5.74. The normalized spacial score (nSPS) is 11.1. The van der Waals surface area contributed by atoms with E-state index < -0.39 is 10.0 Å². The maximum absolute atomic E-state index is 12.3. The summed E-state index contributed by atoms with van der Waals surface area (Å²) in [4.78, 5) is 4.02. The van der Waals surface area contributed by atoms with Crippen LogP contribution in [0.3, 0.4) is 0 Å². The Balaban J connectivity index is 2.46. The van der Waals surface area contributed by atoms with Crippen LogP contribution < -0.4 is 10.5 Å². The van der Waals surface area contributed by atoms with Crippen LogP contribution in [-0.4, -0.2) is 18.4 Å². The van der Waals surface area contributed by atoms with Crippen LogP contribution in [-0.2, 0) is 10.0 Å². The van der Waals surface area contributed by atoms with E-state index in [1.54, 1.807) is 18.2 Å². The number of hydrogen-bond donors (Lipinski definition) is 2. The minimum absolute atomic E-state index is 0.0791. The van der Waals surface area contributed by atoms with Gasteiger partial charge in [0.05, 0.1) is 5.69 Å². The van der Waals surface area contributed by atoms with Gasteiger partial charge in [-0.1, -0.05) is 24.4 Å². The van der Waals surface area contributed by atoms with E-state index >= 15 is 0 Å². The van der Waals surface area contributed by atoms with E-state index in [1.165, 1.54) is 18.5 Å². The molecule has 1 heterocycles. The van der Waals surface area contributed by atoms with E-state index in [2.05, 4.69) is 9.71 Å². The van der Waals surface area contributed by atoms with Crippen LogP contribution >= 0.6 is 12.2 Å². The number of sulfonamides is 1. The first-order valence-corrected chi connectivity index (χ1v) is 7.63. The van der Waals surface area contributed by atoms with Crippen LogP contribution in [0.2, 0.25) is 0 Å². The summed E-state index contributed by atoms with van der Waals surface area (Å²) in [5.41, 5.74) is 7.35. The Kier molecular flexibility index (Phi) is 4.01. The van der Waals surface area contributed by atoms with Gasteiger partial charge in [-0.15, -0.1) is 0 Å². The molecule has 1 aromatic carbocycles. The van der Waals surface area contributed by atoms with Crippen molar-refractivity contribution in [2.75, 3.05) is 4.72 Å². The van der Waals surface area contributed by atoms with Crippen molar-refractivity contribution < 1.29 is 8.42 Å². The Morgan fingerprint density at radius 3 is 2.65 bits per heavy atom. The fourth-order valence-electron chi connectivity index (χ4n) is 1.79. The van der Waals surface area contributed by atoms with Gasteiger partial charge in [-0.3, -0.25) is 9.71 Å². The summed E-state index contributed by atoms with van der Waals surface area (Å²) < 4.78 is 27.0. The number of benzene rings is 1. The second kappa shape index (κ2) is 5.56. The van der Waals surface area contributed by atoms with Crippen molar-refractivity contribution in [2.45, 2.75) is 11.8 Å². The molecule has 0 saturated heterocycles. The molecule has 7 heteroatoms. The van der Waals surface area contributed by atoms with E-state index in [9.17, 15) is 8.42 Å². The van der Waals surface area contributed by atoms with Gasteiger partial charge < -0.3 is 5.73 Å². The van der Waals surface area contributed by atoms with Crippen LogP contribution in [0.5, 0.6) is 0 Å². The van der Waals surface area contributed by atoms with E-state index in [4.69, 9.17) is 18.0 Å². The monoisotopic (exact) mass is 307 g/mol. The zero-order valence-electron chi connectivity index (χ0n) is 10.7. The summed E-state index contributed by atoms with van der Waals surface area (Å²) in [5.74, 6) is 0. The van der Waals surface area contributed by atoms with Gasteiger partial charge in [-0.05, 0) is 30.7 Å². The second-order valence-corrected chi connectivity index (χ2v) is 6.28. The van der Waals surface area contributed by atoms with Crippen LogP contribution in [0.15, 0.2) is 47.6 Å². The van der Waals surface area contributed by atoms with Crippen molar-refractivity contribution in [3.05, 3.63) is 53.9 Å². The molecule has 5 nitrogen and oxygen atoms in total. The lowest BCUT2D eigenvalue weighted by Gasteiger charge is -2.13. The van der Waals surface area contributed by atoms with Crippen LogP contribution in [0, 0.1) is 6.92 Å². The van der Waals surface area contributed by atoms with Gasteiger partial charge >= 0.3 is 0 Å². The van der Waals surface area contributed by atoms with Crippen LogP contribution in [0.4, 0.5) is 5.69 Å². The van der Waals surface area contributed by atoms with E-state index in [-0.39, 0.29) is 9.88 Å². The molecule has 0 fully saturated rings. The third-order valence-corrected chi connectivity index (χ3v) is 4.26. The summed E-state index contributed by atoms with van der Waals surface area (Å²) in [6.45, 7) is 1.82. The molecule has 3 N–H and O–H groups in total. The molecule has 1 aromatic heterocycles. The molecule has 0 bridgehead atoms. The third-order valence-electron chi connectivity index (χ3n) is 2.71. The Hall–Kier alpha value is -1.99. The lowest BCUT2D eigenvalue weighted by molar-refractivity contribution is 0.601. The van der Waals surface area contributed by atoms with Crippen LogP contribution in [0.25, 0.3) is 0 Å². The van der Waals surface area contributed by atoms with Gasteiger partial charge in [-0.2, -0.15) is 0 Å². The molecule has 0 aliphatic rings. The second-order valence-electron chi connectivity index (χ2n) is 4.16. The Bertz CT molecular complexity index is 743. The lowest BCUT2D eigenvalue weighted by atomic mass is 10.1. The largest absolute Gasteiger partial charge is 0.389 e. The van der Waals surface area contributed by atoms with Crippen LogP contribution in [0.1, 0.15) is 11.1 Å². The first-order chi connectivity index (χ1) is 9.42. The molecule has 0 spiro atoms. The molecule has 20 heavy (non-hydrogen) atoms. The zero-order chi connectivity index (χ0) is 14.8. The number of aromatic nitrogens is 1. The highest BCUT2D eigenvalue weighted by molar-refractivity contribution is 7.92. The maximum Gasteiger partial charge on any atom is 0.263 e. The van der Waals surface area contributed by atoms with E-state index in [1.807, 2.05) is 13.0 Å². The fourth-order valence-corrected chi connectivity index (χ4v) is 3.10. The van der Waals surface area contributed by atoms with Gasteiger partial charge in [0.15, 0.2) is 0 Å². The van der Waals surface area contributed by atoms with Gasteiger partial charge in [-0.25, -0.2) is 8.42 Å². The molecular weight excluding hydrogens is 294 g/mol. The molecule has 0 aliphatic carbocycles. The number of pyridine rings is 1. The van der Waals surface area contributed by atoms with Crippen molar-refractivity contribution in [3.63, 3.8) is 0 Å². The smallest absolute Gasteiger partial charge is 0.263 e. The fraction of sp³-hybridized carbons (Fsp3) is 0.0769. The highest BCUT2D eigenvalue weighted by Crippen LogP contribution is 2.22. The predicted molar refractivity (Wildman–Crippen MR) is 82.1 cm³/mol. The number of hydrogen-bond acceptors (Lipinski definition) is 4. The average molecular weight is 307 g/mol. The average Bonchev–Trinajstić information content (AvgIpc) is 2.39. The lowest BCUT2D eigenvalue weighted by Crippen LogP contribution is -2.19. The summed E-state index contributed by atoms with van der Waals surface area (Å²) in [6.07, 6.45) is 2.78. The van der Waals surface area contributed by atoms with Gasteiger partial charge in [0.1, 0.15) is 9.88 Å². The number of aryl methyl sites for hydroxylation is 1. The minimum atomic E-state index is -3.71. The topological polar surface area (TPSA) is 85.1 Å². The number of nitrogens with two attached hydrogens (primary N) is 1. The quantitative estimate of drug-likeness (QED) is 0.842. The molecule has 0 atom stereocenters. The number of nitrogens with zero attached hydrogens (tertiary/aromatic N) is 1. The molecular formula is C13H13N3O2S2. The Morgan fingerprint density at radius 2 is 2.05 bits per heavy atom. The van der Waals surface area contributed by atoms with Crippen molar-refractivity contribution in [1.82, 2.24) is 4.98 Å². The summed E-state index contributed by atoms with van der Waals surface area (Å²) in [7, 11) is -3.71. The molecule has 0 unspecified atom stereocenters. The molecule has 0 aliphatic heterocycles. The van der Waals surface area contributed by atoms with E-state index in [0.29, 0.717) is 11.3 Å². The number of rotatable bonds is 4. The highest BCUT2D eigenvalue weighted by Gasteiger charge is 2.17. The van der Waals surface area contributed by atoms with Crippen molar-refractivity contribution in [2.24, 2.45) is 5.73 Å². The van der Waals surface area contributed by atoms with Gasteiger partial charge in [0.25, 0.3) is 10.0 Å². The van der Waals surface area contributed by atoms with E-state index in [0.717, 1.165) is 5.56 Å².